The number of anilines is 1. The van der Waals surface area contributed by atoms with Crippen molar-refractivity contribution < 1.29 is 14.6 Å². The Kier molecular flexibility index (Phi) is 6.29. The van der Waals surface area contributed by atoms with E-state index in [1.165, 1.54) is 11.3 Å². The predicted molar refractivity (Wildman–Crippen MR) is 134 cm³/mol. The number of benzene rings is 1. The van der Waals surface area contributed by atoms with E-state index >= 15 is 0 Å². The molecule has 0 aliphatic rings. The van der Waals surface area contributed by atoms with Crippen LogP contribution in [0.25, 0.3) is 27.2 Å². The van der Waals surface area contributed by atoms with Gasteiger partial charge in [-0.15, -0.1) is 21.5 Å². The minimum absolute atomic E-state index is 0.0158. The number of carbonyl (C=O) groups is 1. The highest BCUT2D eigenvalue weighted by Crippen LogP contribution is 2.40. The van der Waals surface area contributed by atoms with Crippen molar-refractivity contribution >= 4 is 45.1 Å². The molecule has 5 rings (SSSR count). The Bertz CT molecular complexity index is 1500. The molecule has 0 atom stereocenters. The SMILES string of the molecule is Cc1sc2nc(OCc3nnc(SCC(=O)O)n3-c3ccccn3)nc(N)c2c1-c1ccccc1. The van der Waals surface area contributed by atoms with Crippen molar-refractivity contribution in [3.05, 3.63) is 65.4 Å². The summed E-state index contributed by atoms with van der Waals surface area (Å²) in [5, 5.41) is 18.5. The zero-order valence-electron chi connectivity index (χ0n) is 18.5. The lowest BCUT2D eigenvalue weighted by molar-refractivity contribution is -0.133. The van der Waals surface area contributed by atoms with Crippen LogP contribution < -0.4 is 10.5 Å². The van der Waals surface area contributed by atoms with Crippen molar-refractivity contribution in [1.29, 1.82) is 0 Å². The number of rotatable bonds is 8. The van der Waals surface area contributed by atoms with E-state index < -0.39 is 5.97 Å². The van der Waals surface area contributed by atoms with Crippen LogP contribution in [-0.4, -0.2) is 46.5 Å². The standard InChI is InChI=1S/C23H19N7O3S2/c1-13-18(14-7-3-2-4-8-14)19-20(24)26-22(27-21(19)35-13)33-11-16-28-29-23(34-12-17(31)32)30(16)15-9-5-6-10-25-15/h2-10H,11-12H2,1H3,(H,31,32)(H2,24,26,27). The number of nitrogens with two attached hydrogens (primary N) is 1. The molecular formula is C23H19N7O3S2. The van der Waals surface area contributed by atoms with Crippen LogP contribution in [0, 0.1) is 6.92 Å². The molecule has 0 unspecified atom stereocenters. The van der Waals surface area contributed by atoms with Gasteiger partial charge in [-0.1, -0.05) is 48.2 Å². The van der Waals surface area contributed by atoms with Gasteiger partial charge < -0.3 is 15.6 Å². The summed E-state index contributed by atoms with van der Waals surface area (Å²) in [5.74, 6) is 0.176. The van der Waals surface area contributed by atoms with Gasteiger partial charge in [0.15, 0.2) is 17.6 Å². The summed E-state index contributed by atoms with van der Waals surface area (Å²) in [4.78, 5) is 26.2. The number of thioether (sulfide) groups is 1. The summed E-state index contributed by atoms with van der Waals surface area (Å²) in [7, 11) is 0. The zero-order valence-corrected chi connectivity index (χ0v) is 20.1. The van der Waals surface area contributed by atoms with Gasteiger partial charge in [-0.3, -0.25) is 9.36 Å². The van der Waals surface area contributed by atoms with E-state index in [2.05, 4.69) is 25.1 Å². The molecule has 3 N–H and O–H groups in total. The first-order valence-corrected chi connectivity index (χ1v) is 12.3. The molecule has 35 heavy (non-hydrogen) atoms. The second kappa shape index (κ2) is 9.68. The van der Waals surface area contributed by atoms with Crippen molar-refractivity contribution in [2.45, 2.75) is 18.7 Å². The van der Waals surface area contributed by atoms with Crippen molar-refractivity contribution in [3.8, 4) is 23.0 Å². The third kappa shape index (κ3) is 4.66. The second-order valence-electron chi connectivity index (χ2n) is 7.36. The van der Waals surface area contributed by atoms with Crippen LogP contribution in [0.2, 0.25) is 0 Å². The molecular weight excluding hydrogens is 486 g/mol. The lowest BCUT2D eigenvalue weighted by atomic mass is 10.0. The number of thiophene rings is 1. The molecule has 0 saturated carbocycles. The number of ether oxygens (including phenoxy) is 1. The number of aliphatic carboxylic acids is 1. The van der Waals surface area contributed by atoms with E-state index in [0.29, 0.717) is 22.6 Å². The molecule has 4 aromatic heterocycles. The van der Waals surface area contributed by atoms with Gasteiger partial charge in [-0.05, 0) is 24.6 Å². The van der Waals surface area contributed by atoms with E-state index in [4.69, 9.17) is 15.6 Å². The Hall–Kier alpha value is -4.03. The van der Waals surface area contributed by atoms with E-state index in [1.807, 2.05) is 43.3 Å². The topological polar surface area (TPSA) is 142 Å². The van der Waals surface area contributed by atoms with Crippen LogP contribution in [0.5, 0.6) is 6.01 Å². The number of pyridine rings is 1. The first kappa shape index (κ1) is 22.7. The third-order valence-corrected chi connectivity index (χ3v) is 6.94. The Morgan fingerprint density at radius 1 is 1.14 bits per heavy atom. The molecule has 0 amide bonds. The number of hydrogen-bond acceptors (Lipinski definition) is 10. The quantitative estimate of drug-likeness (QED) is 0.297. The van der Waals surface area contributed by atoms with Gasteiger partial charge in [0.25, 0.3) is 0 Å². The Morgan fingerprint density at radius 3 is 2.69 bits per heavy atom. The van der Waals surface area contributed by atoms with Gasteiger partial charge in [-0.25, -0.2) is 4.98 Å². The molecule has 0 aliphatic heterocycles. The second-order valence-corrected chi connectivity index (χ2v) is 9.51. The van der Waals surface area contributed by atoms with Gasteiger partial charge in [0, 0.05) is 16.6 Å². The molecule has 0 fully saturated rings. The number of nitrogen functional groups attached to an aromatic ring is 1. The van der Waals surface area contributed by atoms with Crippen LogP contribution in [0.4, 0.5) is 5.82 Å². The minimum Gasteiger partial charge on any atom is -0.481 e. The van der Waals surface area contributed by atoms with Crippen LogP contribution in [0.15, 0.2) is 59.9 Å². The average Bonchev–Trinajstić information content (AvgIpc) is 3.42. The molecule has 12 heteroatoms. The largest absolute Gasteiger partial charge is 0.481 e. The lowest BCUT2D eigenvalue weighted by Gasteiger charge is -2.10. The zero-order chi connectivity index (χ0) is 24.4. The molecule has 176 valence electrons. The minimum atomic E-state index is -0.957. The van der Waals surface area contributed by atoms with Gasteiger partial charge in [0.05, 0.1) is 11.1 Å². The number of carboxylic acid groups (broad SMARTS) is 1. The van der Waals surface area contributed by atoms with E-state index in [0.717, 1.165) is 38.0 Å². The van der Waals surface area contributed by atoms with Gasteiger partial charge in [0.2, 0.25) is 0 Å². The van der Waals surface area contributed by atoms with Gasteiger partial charge in [0.1, 0.15) is 16.5 Å². The smallest absolute Gasteiger partial charge is 0.320 e. The van der Waals surface area contributed by atoms with Crippen LogP contribution >= 0.6 is 23.1 Å². The fourth-order valence-electron chi connectivity index (χ4n) is 3.59. The van der Waals surface area contributed by atoms with Gasteiger partial charge in [-0.2, -0.15) is 9.97 Å². The van der Waals surface area contributed by atoms with Crippen LogP contribution in [0.3, 0.4) is 0 Å². The normalized spacial score (nSPS) is 11.1. The molecule has 5 aromatic rings. The molecule has 4 heterocycles. The Morgan fingerprint density at radius 2 is 1.94 bits per heavy atom. The number of hydrogen-bond donors (Lipinski definition) is 2. The maximum atomic E-state index is 11.0. The van der Waals surface area contributed by atoms with E-state index in [-0.39, 0.29) is 18.4 Å². The Balaban J connectivity index is 1.45. The molecule has 0 spiro atoms. The maximum Gasteiger partial charge on any atom is 0.320 e. The highest BCUT2D eigenvalue weighted by molar-refractivity contribution is 7.99. The number of aryl methyl sites for hydroxylation is 1. The fraction of sp³-hybridized carbons (Fsp3) is 0.130. The summed E-state index contributed by atoms with van der Waals surface area (Å²) in [6.45, 7) is 2.01. The monoisotopic (exact) mass is 505 g/mol. The van der Waals surface area contributed by atoms with Crippen molar-refractivity contribution in [2.75, 3.05) is 11.5 Å². The van der Waals surface area contributed by atoms with E-state index in [9.17, 15) is 4.79 Å². The van der Waals surface area contributed by atoms with Crippen molar-refractivity contribution in [3.63, 3.8) is 0 Å². The fourth-order valence-corrected chi connectivity index (χ4v) is 5.32. The number of aromatic nitrogens is 6. The van der Waals surface area contributed by atoms with Crippen LogP contribution in [0.1, 0.15) is 10.7 Å². The summed E-state index contributed by atoms with van der Waals surface area (Å²) in [6, 6.07) is 15.5. The van der Waals surface area contributed by atoms with Crippen molar-refractivity contribution in [2.24, 2.45) is 0 Å². The van der Waals surface area contributed by atoms with Gasteiger partial charge >= 0.3 is 12.0 Å². The summed E-state index contributed by atoms with van der Waals surface area (Å²) < 4.78 is 7.52. The third-order valence-electron chi connectivity index (χ3n) is 5.03. The molecule has 0 bridgehead atoms. The predicted octanol–water partition coefficient (Wildman–Crippen LogP) is 3.98. The average molecular weight is 506 g/mol. The molecule has 0 saturated heterocycles. The van der Waals surface area contributed by atoms with Crippen molar-refractivity contribution in [1.82, 2.24) is 29.7 Å². The highest BCUT2D eigenvalue weighted by Gasteiger charge is 2.20. The molecule has 10 nitrogen and oxygen atoms in total. The number of nitrogens with zero attached hydrogens (tertiary/aromatic N) is 6. The summed E-state index contributed by atoms with van der Waals surface area (Å²) in [6.07, 6.45) is 1.63. The molecule has 0 radical (unpaired) electrons. The Labute approximate surface area is 207 Å². The van der Waals surface area contributed by atoms with E-state index in [1.54, 1.807) is 22.9 Å². The first-order chi connectivity index (χ1) is 17.0. The number of fused-ring (bicyclic) bond motifs is 1. The molecule has 0 aliphatic carbocycles. The maximum absolute atomic E-state index is 11.0. The number of carboxylic acids is 1. The molecule has 1 aromatic carbocycles. The lowest BCUT2D eigenvalue weighted by Crippen LogP contribution is -2.10. The summed E-state index contributed by atoms with van der Waals surface area (Å²) in [5.41, 5.74) is 8.41. The first-order valence-electron chi connectivity index (χ1n) is 10.5. The highest BCUT2D eigenvalue weighted by atomic mass is 32.2. The summed E-state index contributed by atoms with van der Waals surface area (Å²) >= 11 is 2.57. The van der Waals surface area contributed by atoms with Crippen LogP contribution in [-0.2, 0) is 11.4 Å².